The van der Waals surface area contributed by atoms with E-state index in [-0.39, 0.29) is 5.91 Å². The Morgan fingerprint density at radius 3 is 3.00 bits per heavy atom. The van der Waals surface area contributed by atoms with Gasteiger partial charge in [0.15, 0.2) is 0 Å². The minimum Gasteiger partial charge on any atom is -0.295 e. The van der Waals surface area contributed by atoms with Crippen LogP contribution in [0.5, 0.6) is 0 Å². The molecule has 0 aliphatic heterocycles. The number of hydrogen-bond acceptors (Lipinski definition) is 3. The van der Waals surface area contributed by atoms with Crippen molar-refractivity contribution in [1.29, 1.82) is 0 Å². The number of halogens is 1. The Morgan fingerprint density at radius 2 is 2.18 bits per heavy atom. The summed E-state index contributed by atoms with van der Waals surface area (Å²) >= 11 is 5.89. The van der Waals surface area contributed by atoms with Crippen molar-refractivity contribution in [1.82, 2.24) is 14.8 Å². The van der Waals surface area contributed by atoms with Crippen LogP contribution in [0, 0.1) is 6.92 Å². The zero-order valence-electron chi connectivity index (χ0n) is 11.8. The van der Waals surface area contributed by atoms with Gasteiger partial charge in [-0.3, -0.25) is 9.20 Å². The number of amides is 1. The van der Waals surface area contributed by atoms with Gasteiger partial charge in [0.25, 0.3) is 5.91 Å². The number of aromatic nitrogens is 2. The zero-order chi connectivity index (χ0) is 15.5. The van der Waals surface area contributed by atoms with Gasteiger partial charge in [-0.25, -0.2) is 10.4 Å². The Kier molecular flexibility index (Phi) is 3.89. The van der Waals surface area contributed by atoms with E-state index in [2.05, 4.69) is 15.5 Å². The number of benzene rings is 1. The van der Waals surface area contributed by atoms with Crippen molar-refractivity contribution < 1.29 is 4.79 Å². The maximum atomic E-state index is 12.3. The van der Waals surface area contributed by atoms with Gasteiger partial charge in [-0.2, -0.15) is 5.10 Å². The van der Waals surface area contributed by atoms with Crippen molar-refractivity contribution in [3.8, 4) is 0 Å². The first-order valence-electron chi connectivity index (χ1n) is 6.68. The third-order valence-electron chi connectivity index (χ3n) is 3.15. The predicted octanol–water partition coefficient (Wildman–Crippen LogP) is 3.06. The second-order valence-corrected chi connectivity index (χ2v) is 5.17. The number of hydrogen-bond donors (Lipinski definition) is 1. The smallest absolute Gasteiger partial charge is 0.290 e. The number of hydrazone groups is 1. The number of rotatable bonds is 3. The molecule has 0 fully saturated rings. The molecule has 2 heterocycles. The fourth-order valence-corrected chi connectivity index (χ4v) is 2.39. The van der Waals surface area contributed by atoms with E-state index >= 15 is 0 Å². The number of nitrogens with zero attached hydrogens (tertiary/aromatic N) is 3. The fraction of sp³-hybridized carbons (Fsp3) is 0.0625. The Morgan fingerprint density at radius 1 is 1.32 bits per heavy atom. The average molecular weight is 313 g/mol. The average Bonchev–Trinajstić information content (AvgIpc) is 2.83. The van der Waals surface area contributed by atoms with Gasteiger partial charge in [-0.15, -0.1) is 0 Å². The van der Waals surface area contributed by atoms with E-state index in [1.807, 2.05) is 30.3 Å². The molecule has 3 aromatic rings. The summed E-state index contributed by atoms with van der Waals surface area (Å²) in [7, 11) is 0. The Balaban J connectivity index is 1.81. The standard InChI is InChI=1S/C16H13ClN4O/c1-11-15(21-8-3-2-7-14(21)19-11)16(22)20-18-10-12-5-4-6-13(17)9-12/h2-10H,1H3,(H,20,22). The molecule has 6 heteroatoms. The van der Waals surface area contributed by atoms with E-state index in [1.54, 1.807) is 35.9 Å². The molecule has 0 aliphatic rings. The monoisotopic (exact) mass is 312 g/mol. The van der Waals surface area contributed by atoms with Crippen molar-refractivity contribution in [3.63, 3.8) is 0 Å². The summed E-state index contributed by atoms with van der Waals surface area (Å²) in [5.74, 6) is -0.311. The molecule has 1 N–H and O–H groups in total. The number of aryl methyl sites for hydroxylation is 1. The van der Waals surface area contributed by atoms with Crippen LogP contribution < -0.4 is 5.43 Å². The number of imidazole rings is 1. The molecule has 5 nitrogen and oxygen atoms in total. The molecule has 0 unspecified atom stereocenters. The van der Waals surface area contributed by atoms with Crippen LogP contribution in [0.1, 0.15) is 21.7 Å². The SMILES string of the molecule is Cc1nc2ccccn2c1C(=O)NN=Cc1cccc(Cl)c1. The highest BCUT2D eigenvalue weighted by molar-refractivity contribution is 6.30. The molecule has 1 aromatic carbocycles. The fourth-order valence-electron chi connectivity index (χ4n) is 2.19. The second kappa shape index (κ2) is 5.99. The largest absolute Gasteiger partial charge is 0.295 e. The molecule has 0 aliphatic carbocycles. The van der Waals surface area contributed by atoms with Gasteiger partial charge >= 0.3 is 0 Å². The van der Waals surface area contributed by atoms with Gasteiger partial charge in [-0.05, 0) is 36.8 Å². The number of carbonyl (C=O) groups excluding carboxylic acids is 1. The maximum absolute atomic E-state index is 12.3. The van der Waals surface area contributed by atoms with Gasteiger partial charge < -0.3 is 0 Å². The first-order chi connectivity index (χ1) is 10.6. The molecule has 0 atom stereocenters. The van der Waals surface area contributed by atoms with Crippen molar-refractivity contribution in [3.05, 3.63) is 70.6 Å². The highest BCUT2D eigenvalue weighted by atomic mass is 35.5. The molecular formula is C16H13ClN4O. The lowest BCUT2D eigenvalue weighted by molar-refractivity contribution is 0.0948. The Hall–Kier alpha value is -2.66. The lowest BCUT2D eigenvalue weighted by Gasteiger charge is -2.01. The lowest BCUT2D eigenvalue weighted by atomic mass is 10.2. The molecule has 1 amide bonds. The maximum Gasteiger partial charge on any atom is 0.290 e. The van der Waals surface area contributed by atoms with Crippen LogP contribution in [0.4, 0.5) is 0 Å². The van der Waals surface area contributed by atoms with Gasteiger partial charge in [0.05, 0.1) is 11.9 Å². The third kappa shape index (κ3) is 2.84. The van der Waals surface area contributed by atoms with E-state index in [0.29, 0.717) is 16.4 Å². The zero-order valence-corrected chi connectivity index (χ0v) is 12.6. The summed E-state index contributed by atoms with van der Waals surface area (Å²) in [5, 5.41) is 4.58. The first kappa shape index (κ1) is 14.3. The van der Waals surface area contributed by atoms with Crippen molar-refractivity contribution >= 4 is 29.4 Å². The molecule has 0 saturated carbocycles. The van der Waals surface area contributed by atoms with E-state index in [1.165, 1.54) is 0 Å². The van der Waals surface area contributed by atoms with Crippen LogP contribution in [0.15, 0.2) is 53.8 Å². The van der Waals surface area contributed by atoms with Crippen LogP contribution in [-0.4, -0.2) is 21.5 Å². The lowest BCUT2D eigenvalue weighted by Crippen LogP contribution is -2.20. The van der Waals surface area contributed by atoms with Crippen molar-refractivity contribution in [2.45, 2.75) is 6.92 Å². The minimum absolute atomic E-state index is 0.311. The summed E-state index contributed by atoms with van der Waals surface area (Å²) in [6.07, 6.45) is 3.34. The molecule has 3 rings (SSSR count). The first-order valence-corrected chi connectivity index (χ1v) is 7.05. The van der Waals surface area contributed by atoms with Crippen molar-refractivity contribution in [2.24, 2.45) is 5.10 Å². The molecule has 110 valence electrons. The van der Waals surface area contributed by atoms with Gasteiger partial charge in [0.2, 0.25) is 0 Å². The molecule has 22 heavy (non-hydrogen) atoms. The molecule has 0 bridgehead atoms. The number of carbonyl (C=O) groups is 1. The summed E-state index contributed by atoms with van der Waals surface area (Å²) in [4.78, 5) is 16.6. The Labute approximate surface area is 132 Å². The van der Waals surface area contributed by atoms with Crippen LogP contribution >= 0.6 is 11.6 Å². The molecular weight excluding hydrogens is 300 g/mol. The van der Waals surface area contributed by atoms with Crippen LogP contribution in [-0.2, 0) is 0 Å². The van der Waals surface area contributed by atoms with E-state index in [0.717, 1.165) is 11.2 Å². The summed E-state index contributed by atoms with van der Waals surface area (Å²) in [5.41, 5.74) is 5.17. The van der Waals surface area contributed by atoms with E-state index < -0.39 is 0 Å². The summed E-state index contributed by atoms with van der Waals surface area (Å²) in [6.45, 7) is 1.79. The van der Waals surface area contributed by atoms with Crippen LogP contribution in [0.2, 0.25) is 5.02 Å². The predicted molar refractivity (Wildman–Crippen MR) is 86.4 cm³/mol. The number of nitrogens with one attached hydrogen (secondary N) is 1. The number of pyridine rings is 1. The van der Waals surface area contributed by atoms with Gasteiger partial charge in [0.1, 0.15) is 11.3 Å². The Bertz CT molecular complexity index is 869. The number of fused-ring (bicyclic) bond motifs is 1. The van der Waals surface area contributed by atoms with Crippen molar-refractivity contribution in [2.75, 3.05) is 0 Å². The van der Waals surface area contributed by atoms with E-state index in [4.69, 9.17) is 11.6 Å². The molecule has 0 saturated heterocycles. The quantitative estimate of drug-likeness (QED) is 0.597. The highest BCUT2D eigenvalue weighted by Crippen LogP contribution is 2.11. The molecule has 2 aromatic heterocycles. The minimum atomic E-state index is -0.311. The van der Waals surface area contributed by atoms with Crippen LogP contribution in [0.3, 0.4) is 0 Å². The topological polar surface area (TPSA) is 58.8 Å². The highest BCUT2D eigenvalue weighted by Gasteiger charge is 2.15. The van der Waals surface area contributed by atoms with Gasteiger partial charge in [-0.1, -0.05) is 29.8 Å². The molecule has 0 spiro atoms. The summed E-state index contributed by atoms with van der Waals surface area (Å²) < 4.78 is 1.74. The molecule has 0 radical (unpaired) electrons. The van der Waals surface area contributed by atoms with Crippen LogP contribution in [0.25, 0.3) is 5.65 Å². The normalized spacial score (nSPS) is 11.2. The van der Waals surface area contributed by atoms with Gasteiger partial charge in [0, 0.05) is 11.2 Å². The second-order valence-electron chi connectivity index (χ2n) is 4.73. The van der Waals surface area contributed by atoms with E-state index in [9.17, 15) is 4.79 Å². The summed E-state index contributed by atoms with van der Waals surface area (Å²) in [6, 6.07) is 12.8. The third-order valence-corrected chi connectivity index (χ3v) is 3.38.